The Kier molecular flexibility index (Phi) is 8.58. The van der Waals surface area contributed by atoms with Gasteiger partial charge in [-0.3, -0.25) is 9.59 Å². The van der Waals surface area contributed by atoms with Crippen molar-refractivity contribution in [3.63, 3.8) is 0 Å². The van der Waals surface area contributed by atoms with Crippen molar-refractivity contribution >= 4 is 24.2 Å². The Bertz CT molecular complexity index is 612. The second-order valence-electron chi connectivity index (χ2n) is 7.71. The Labute approximate surface area is 168 Å². The number of benzene rings is 1. The predicted molar refractivity (Wildman–Crippen MR) is 110 cm³/mol. The predicted octanol–water partition coefficient (Wildman–Crippen LogP) is 2.99. The molecule has 6 heteroatoms. The fraction of sp³-hybridized carbons (Fsp3) is 0.619. The zero-order chi connectivity index (χ0) is 18.4. The molecule has 1 heterocycles. The summed E-state index contributed by atoms with van der Waals surface area (Å²) in [6.07, 6.45) is 6.63. The van der Waals surface area contributed by atoms with Gasteiger partial charge in [0.05, 0.1) is 0 Å². The Morgan fingerprint density at radius 1 is 1.07 bits per heavy atom. The number of nitrogens with one attached hydrogen (secondary N) is 2. The van der Waals surface area contributed by atoms with Crippen LogP contribution in [0.5, 0.6) is 0 Å². The third kappa shape index (κ3) is 5.94. The minimum absolute atomic E-state index is 0. The molecule has 1 aromatic carbocycles. The van der Waals surface area contributed by atoms with E-state index in [4.69, 9.17) is 0 Å². The van der Waals surface area contributed by atoms with E-state index in [1.54, 1.807) is 0 Å². The number of likely N-dealkylation sites (tertiary alicyclic amines) is 1. The number of amides is 2. The van der Waals surface area contributed by atoms with Crippen LogP contribution in [0.25, 0.3) is 0 Å². The normalized spacial score (nSPS) is 20.2. The minimum Gasteiger partial charge on any atom is -0.352 e. The smallest absolute Gasteiger partial charge is 0.253 e. The SMILES string of the molecule is CNCC1CCCN(C(=O)c2ccc(CNC(=O)C3CCCC3)cc2)C1.Cl. The third-order valence-corrected chi connectivity index (χ3v) is 5.69. The van der Waals surface area contributed by atoms with Gasteiger partial charge in [-0.1, -0.05) is 25.0 Å². The summed E-state index contributed by atoms with van der Waals surface area (Å²) in [6, 6.07) is 7.69. The van der Waals surface area contributed by atoms with Gasteiger partial charge in [-0.15, -0.1) is 12.4 Å². The molecule has 1 saturated heterocycles. The molecule has 150 valence electrons. The number of halogens is 1. The van der Waals surface area contributed by atoms with Crippen LogP contribution in [0.1, 0.15) is 54.4 Å². The molecule has 27 heavy (non-hydrogen) atoms. The van der Waals surface area contributed by atoms with Crippen LogP contribution in [0, 0.1) is 11.8 Å². The van der Waals surface area contributed by atoms with Gasteiger partial charge < -0.3 is 15.5 Å². The van der Waals surface area contributed by atoms with Gasteiger partial charge in [-0.2, -0.15) is 0 Å². The van der Waals surface area contributed by atoms with Crippen molar-refractivity contribution in [2.75, 3.05) is 26.7 Å². The van der Waals surface area contributed by atoms with Crippen molar-refractivity contribution in [1.82, 2.24) is 15.5 Å². The summed E-state index contributed by atoms with van der Waals surface area (Å²) in [4.78, 5) is 26.8. The summed E-state index contributed by atoms with van der Waals surface area (Å²) >= 11 is 0. The molecule has 0 radical (unpaired) electrons. The van der Waals surface area contributed by atoms with Crippen molar-refractivity contribution in [2.24, 2.45) is 11.8 Å². The molecule has 1 unspecified atom stereocenters. The lowest BCUT2D eigenvalue weighted by Gasteiger charge is -2.32. The molecule has 1 aliphatic heterocycles. The molecular weight excluding hydrogens is 362 g/mol. The van der Waals surface area contributed by atoms with E-state index in [-0.39, 0.29) is 30.1 Å². The molecule has 2 fully saturated rings. The lowest BCUT2D eigenvalue weighted by atomic mass is 9.97. The van der Waals surface area contributed by atoms with Gasteiger partial charge in [0.25, 0.3) is 5.91 Å². The zero-order valence-electron chi connectivity index (χ0n) is 16.2. The van der Waals surface area contributed by atoms with Gasteiger partial charge in [-0.25, -0.2) is 0 Å². The van der Waals surface area contributed by atoms with Gasteiger partial charge >= 0.3 is 0 Å². The van der Waals surface area contributed by atoms with E-state index in [0.717, 1.165) is 50.0 Å². The molecule has 2 amide bonds. The summed E-state index contributed by atoms with van der Waals surface area (Å²) < 4.78 is 0. The Balaban J connectivity index is 0.00000261. The lowest BCUT2D eigenvalue weighted by Crippen LogP contribution is -2.42. The van der Waals surface area contributed by atoms with E-state index in [1.165, 1.54) is 19.3 Å². The second-order valence-corrected chi connectivity index (χ2v) is 7.71. The molecule has 0 spiro atoms. The number of carbonyl (C=O) groups excluding carboxylic acids is 2. The first kappa shape index (κ1) is 21.7. The number of carbonyl (C=O) groups is 2. The van der Waals surface area contributed by atoms with Crippen molar-refractivity contribution in [1.29, 1.82) is 0 Å². The molecule has 0 aromatic heterocycles. The zero-order valence-corrected chi connectivity index (χ0v) is 17.0. The average Bonchev–Trinajstić information content (AvgIpc) is 3.21. The van der Waals surface area contributed by atoms with Crippen molar-refractivity contribution < 1.29 is 9.59 Å². The molecule has 2 aliphatic rings. The summed E-state index contributed by atoms with van der Waals surface area (Å²) in [5, 5.41) is 6.25. The summed E-state index contributed by atoms with van der Waals surface area (Å²) in [7, 11) is 1.96. The third-order valence-electron chi connectivity index (χ3n) is 5.69. The maximum Gasteiger partial charge on any atom is 0.253 e. The number of hydrogen-bond acceptors (Lipinski definition) is 3. The fourth-order valence-corrected chi connectivity index (χ4v) is 4.17. The number of piperidine rings is 1. The second kappa shape index (κ2) is 10.7. The van der Waals surface area contributed by atoms with Gasteiger partial charge in [0.2, 0.25) is 5.91 Å². The van der Waals surface area contributed by atoms with Crippen LogP contribution in [0.3, 0.4) is 0 Å². The molecule has 1 atom stereocenters. The highest BCUT2D eigenvalue weighted by atomic mass is 35.5. The molecule has 5 nitrogen and oxygen atoms in total. The van der Waals surface area contributed by atoms with Crippen LogP contribution in [-0.4, -0.2) is 43.4 Å². The van der Waals surface area contributed by atoms with E-state index >= 15 is 0 Å². The standard InChI is InChI=1S/C21H31N3O2.ClH/c1-22-13-17-5-4-12-24(15-17)21(26)19-10-8-16(9-11-19)14-23-20(25)18-6-2-3-7-18;/h8-11,17-18,22H,2-7,12-15H2,1H3,(H,23,25);1H. The molecule has 1 aromatic rings. The average molecular weight is 394 g/mol. The minimum atomic E-state index is 0. The maximum atomic E-state index is 12.7. The topological polar surface area (TPSA) is 61.4 Å². The summed E-state index contributed by atoms with van der Waals surface area (Å²) in [6.45, 7) is 3.18. The molecule has 2 N–H and O–H groups in total. The number of rotatable bonds is 6. The van der Waals surface area contributed by atoms with Crippen molar-refractivity contribution in [3.05, 3.63) is 35.4 Å². The molecule has 1 aliphatic carbocycles. The fourth-order valence-electron chi connectivity index (χ4n) is 4.17. The summed E-state index contributed by atoms with van der Waals surface area (Å²) in [5.74, 6) is 1.03. The Hall–Kier alpha value is -1.59. The highest BCUT2D eigenvalue weighted by molar-refractivity contribution is 5.94. The highest BCUT2D eigenvalue weighted by Crippen LogP contribution is 2.24. The quantitative estimate of drug-likeness (QED) is 0.781. The van der Waals surface area contributed by atoms with Crippen LogP contribution in [0.4, 0.5) is 0 Å². The van der Waals surface area contributed by atoms with Crippen molar-refractivity contribution in [2.45, 2.75) is 45.1 Å². The first-order chi connectivity index (χ1) is 12.7. The van der Waals surface area contributed by atoms with E-state index < -0.39 is 0 Å². The molecular formula is C21H32ClN3O2. The molecule has 0 bridgehead atoms. The maximum absolute atomic E-state index is 12.7. The van der Waals surface area contributed by atoms with Crippen LogP contribution >= 0.6 is 12.4 Å². The van der Waals surface area contributed by atoms with Crippen LogP contribution in [-0.2, 0) is 11.3 Å². The monoisotopic (exact) mass is 393 g/mol. The first-order valence-electron chi connectivity index (χ1n) is 9.98. The highest BCUT2D eigenvalue weighted by Gasteiger charge is 2.24. The largest absolute Gasteiger partial charge is 0.352 e. The number of hydrogen-bond donors (Lipinski definition) is 2. The van der Waals surface area contributed by atoms with E-state index in [1.807, 2.05) is 36.2 Å². The Morgan fingerprint density at radius 2 is 1.78 bits per heavy atom. The van der Waals surface area contributed by atoms with Crippen LogP contribution in [0.15, 0.2) is 24.3 Å². The number of nitrogens with zero attached hydrogens (tertiary/aromatic N) is 1. The molecule has 1 saturated carbocycles. The van der Waals surface area contributed by atoms with E-state index in [2.05, 4.69) is 10.6 Å². The van der Waals surface area contributed by atoms with Crippen LogP contribution in [0.2, 0.25) is 0 Å². The van der Waals surface area contributed by atoms with Crippen LogP contribution < -0.4 is 10.6 Å². The van der Waals surface area contributed by atoms with Gasteiger partial charge in [0, 0.05) is 31.1 Å². The van der Waals surface area contributed by atoms with Gasteiger partial charge in [0.15, 0.2) is 0 Å². The summed E-state index contributed by atoms with van der Waals surface area (Å²) in [5.41, 5.74) is 1.78. The van der Waals surface area contributed by atoms with E-state index in [0.29, 0.717) is 12.5 Å². The van der Waals surface area contributed by atoms with Gasteiger partial charge in [0.1, 0.15) is 0 Å². The Morgan fingerprint density at radius 3 is 2.44 bits per heavy atom. The first-order valence-corrected chi connectivity index (χ1v) is 9.98. The lowest BCUT2D eigenvalue weighted by molar-refractivity contribution is -0.124. The van der Waals surface area contributed by atoms with E-state index in [9.17, 15) is 9.59 Å². The van der Waals surface area contributed by atoms with Crippen molar-refractivity contribution in [3.8, 4) is 0 Å². The van der Waals surface area contributed by atoms with Gasteiger partial charge in [-0.05, 0) is 62.9 Å². The molecule has 3 rings (SSSR count).